The Kier molecular flexibility index (Phi) is 16.5. The van der Waals surface area contributed by atoms with Gasteiger partial charge in [-0.2, -0.15) is 114 Å². The van der Waals surface area contributed by atoms with Crippen LogP contribution in [0.2, 0.25) is 0 Å². The normalized spacial score (nSPS) is 19.9. The van der Waals surface area contributed by atoms with Crippen molar-refractivity contribution in [2.45, 2.75) is 149 Å². The summed E-state index contributed by atoms with van der Waals surface area (Å²) in [4.78, 5) is 0. The van der Waals surface area contributed by atoms with Crippen molar-refractivity contribution in [3.05, 3.63) is 34.9 Å². The third-order valence-corrected chi connectivity index (χ3v) is 12.3. The van der Waals surface area contributed by atoms with E-state index in [2.05, 4.69) is 4.18 Å². The van der Waals surface area contributed by atoms with E-state index >= 15 is 0 Å². The van der Waals surface area contributed by atoms with Crippen molar-refractivity contribution in [3.63, 3.8) is 0 Å². The quantitative estimate of drug-likeness (QED) is 0.159. The molecule has 1 aliphatic carbocycles. The molecule has 0 radical (unpaired) electrons. The van der Waals surface area contributed by atoms with E-state index in [9.17, 15) is 129 Å². The van der Waals surface area contributed by atoms with Crippen molar-refractivity contribution in [1.29, 1.82) is 0 Å². The Morgan fingerprint density at radius 3 is 1.05 bits per heavy atom. The van der Waals surface area contributed by atoms with E-state index in [1.54, 1.807) is 0 Å². The lowest BCUT2D eigenvalue weighted by molar-refractivity contribution is -0.394. The van der Waals surface area contributed by atoms with E-state index in [1.165, 1.54) is 6.92 Å². The van der Waals surface area contributed by atoms with Crippen molar-refractivity contribution >= 4 is 10.1 Å². The van der Waals surface area contributed by atoms with Gasteiger partial charge in [-0.3, -0.25) is 0 Å². The van der Waals surface area contributed by atoms with Crippen LogP contribution in [0, 0.1) is 11.8 Å². The number of alkyl halides is 24. The van der Waals surface area contributed by atoms with Gasteiger partial charge in [0.15, 0.2) is 0 Å². The van der Waals surface area contributed by atoms with Gasteiger partial charge in [0.2, 0.25) is 0 Å². The maximum atomic E-state index is 13.7. The van der Waals surface area contributed by atoms with Crippen LogP contribution in [0.25, 0.3) is 0 Å². The van der Waals surface area contributed by atoms with Crippen LogP contribution in [-0.2, 0) is 25.5 Å². The average Bonchev–Trinajstić information content (AvgIpc) is 3.08. The molecule has 63 heavy (non-hydrogen) atoms. The fourth-order valence-corrected chi connectivity index (χ4v) is 7.63. The van der Waals surface area contributed by atoms with Crippen LogP contribution in [0.4, 0.5) is 105 Å². The van der Waals surface area contributed by atoms with E-state index in [1.807, 2.05) is 0 Å². The minimum absolute atomic E-state index is 0.00577. The SMILES string of the molecule is CCC(C)S(=O)(=O)OC(C1CCC(C(O)(C(F)(F)F)C(F)(F)F)CC1)(C(F)(F)F)C(F)(F)F.CCC(C)c1cc(C(O)(C(F)(F)F)C(F)(F)F)cc(C(O)(C(F)(F)F)C(F)(F)F)c1. The zero-order valence-corrected chi connectivity index (χ0v) is 32.6. The van der Waals surface area contributed by atoms with Crippen LogP contribution in [0.5, 0.6) is 0 Å². The van der Waals surface area contributed by atoms with Crippen LogP contribution in [0.15, 0.2) is 18.2 Å². The van der Waals surface area contributed by atoms with E-state index in [0.29, 0.717) is 0 Å². The van der Waals surface area contributed by atoms with E-state index in [-0.39, 0.29) is 18.6 Å². The Bertz CT molecular complexity index is 1680. The third-order valence-electron chi connectivity index (χ3n) is 10.5. The monoisotopic (exact) mass is 1000 g/mol. The second-order valence-corrected chi connectivity index (χ2v) is 16.4. The largest absolute Gasteiger partial charge is 0.430 e. The Balaban J connectivity index is 0.000000633. The predicted molar refractivity (Wildman–Crippen MR) is 164 cm³/mol. The Morgan fingerprint density at radius 2 is 0.810 bits per heavy atom. The summed E-state index contributed by atoms with van der Waals surface area (Å²) >= 11 is 0. The highest BCUT2D eigenvalue weighted by Gasteiger charge is 2.79. The Morgan fingerprint density at radius 1 is 0.508 bits per heavy atom. The van der Waals surface area contributed by atoms with E-state index in [0.717, 1.165) is 20.8 Å². The smallest absolute Gasteiger partial charge is 0.373 e. The molecule has 3 N–H and O–H groups in total. The van der Waals surface area contributed by atoms with Gasteiger partial charge in [-0.1, -0.05) is 32.9 Å². The van der Waals surface area contributed by atoms with Crippen molar-refractivity contribution < 1.29 is 133 Å². The van der Waals surface area contributed by atoms with Gasteiger partial charge in [-0.15, -0.1) is 0 Å². The van der Waals surface area contributed by atoms with Crippen LogP contribution in [-0.4, -0.2) is 89.6 Å². The van der Waals surface area contributed by atoms with Crippen LogP contribution >= 0.6 is 0 Å². The highest BCUT2D eigenvalue weighted by atomic mass is 32.2. The molecule has 31 heteroatoms. The van der Waals surface area contributed by atoms with Gasteiger partial charge in [0, 0.05) is 23.0 Å². The molecule has 1 fully saturated rings. The van der Waals surface area contributed by atoms with Crippen molar-refractivity contribution in [1.82, 2.24) is 0 Å². The second-order valence-electron chi connectivity index (χ2n) is 14.4. The summed E-state index contributed by atoms with van der Waals surface area (Å²) in [7, 11) is -5.52. The topological polar surface area (TPSA) is 104 Å². The van der Waals surface area contributed by atoms with Crippen LogP contribution in [0.1, 0.15) is 88.8 Å². The molecule has 372 valence electrons. The number of hydrogen-bond acceptors (Lipinski definition) is 6. The molecule has 1 aromatic carbocycles. The van der Waals surface area contributed by atoms with E-state index < -0.39 is 160 Å². The minimum Gasteiger partial charge on any atom is -0.373 e. The Labute approximate surface area is 339 Å². The summed E-state index contributed by atoms with van der Waals surface area (Å²) in [6.45, 7) is 4.28. The highest BCUT2D eigenvalue weighted by molar-refractivity contribution is 7.87. The molecule has 0 amide bonds. The van der Waals surface area contributed by atoms with Crippen molar-refractivity contribution in [3.8, 4) is 0 Å². The number of halogens is 24. The summed E-state index contributed by atoms with van der Waals surface area (Å²) in [5.74, 6) is -6.84. The summed E-state index contributed by atoms with van der Waals surface area (Å²) < 4.78 is 346. The number of hydrogen-bond donors (Lipinski definition) is 3. The van der Waals surface area contributed by atoms with Gasteiger partial charge in [-0.25, -0.2) is 4.18 Å². The molecule has 2 atom stereocenters. The number of benzene rings is 1. The molecule has 0 aromatic heterocycles. The fraction of sp³-hybridized carbons (Fsp3) is 0.812. The van der Waals surface area contributed by atoms with Gasteiger partial charge in [0.1, 0.15) is 0 Å². The van der Waals surface area contributed by atoms with Gasteiger partial charge in [-0.05, 0) is 63.0 Å². The highest BCUT2D eigenvalue weighted by Crippen LogP contribution is 2.59. The molecule has 1 aromatic rings. The van der Waals surface area contributed by atoms with Crippen molar-refractivity contribution in [2.75, 3.05) is 0 Å². The first-order chi connectivity index (χ1) is 27.5. The van der Waals surface area contributed by atoms with Crippen LogP contribution < -0.4 is 0 Å². The first-order valence-corrected chi connectivity index (χ1v) is 18.7. The Hall–Kier alpha value is -2.67. The number of rotatable bonds is 10. The molecular weight excluding hydrogens is 968 g/mol. The molecule has 0 spiro atoms. The molecule has 1 saturated carbocycles. The van der Waals surface area contributed by atoms with E-state index in [4.69, 9.17) is 0 Å². The molecule has 6 nitrogen and oxygen atoms in total. The zero-order chi connectivity index (χ0) is 50.6. The van der Waals surface area contributed by atoms with Gasteiger partial charge < -0.3 is 15.3 Å². The molecule has 0 heterocycles. The summed E-state index contributed by atoms with van der Waals surface area (Å²) in [6, 6.07) is -0.786. The molecule has 1 aliphatic rings. The van der Waals surface area contributed by atoms with Gasteiger partial charge >= 0.3 is 49.4 Å². The second kappa shape index (κ2) is 17.9. The minimum atomic E-state index is -6.56. The van der Waals surface area contributed by atoms with Crippen molar-refractivity contribution in [2.24, 2.45) is 11.8 Å². The average molecular weight is 1000 g/mol. The molecule has 0 aliphatic heterocycles. The molecule has 0 bridgehead atoms. The lowest BCUT2D eigenvalue weighted by atomic mass is 9.67. The predicted octanol–water partition coefficient (Wildman–Crippen LogP) is 11.5. The summed E-state index contributed by atoms with van der Waals surface area (Å²) in [5, 5.41) is 26.4. The van der Waals surface area contributed by atoms with Crippen LogP contribution in [0.3, 0.4) is 0 Å². The number of aliphatic hydroxyl groups is 3. The standard InChI is InChI=1S/C16H20F12O4S.C16H14F12O2/c1-3-8(2)33(30,31)32-12(15(23,24)25,16(26,27)28)10-6-4-9(5-7-10)11(29,13(17,18)19)14(20,21)22;1-3-7(2)8-4-9(11(29,13(17,18)19)14(20,21)22)6-10(5-8)12(30,15(23,24)25)16(26,27)28/h8-10,29H,3-7H2,1-2H3;4-7,29-30H,3H2,1-2H3. The summed E-state index contributed by atoms with van der Waals surface area (Å²) in [6.07, 6.45) is -58.7. The fourth-order valence-electron chi connectivity index (χ4n) is 6.36. The molecular formula is C32H34F24O6S. The zero-order valence-electron chi connectivity index (χ0n) is 31.8. The third kappa shape index (κ3) is 10.6. The lowest BCUT2D eigenvalue weighted by Gasteiger charge is -2.47. The molecule has 2 rings (SSSR count). The molecule has 2 unspecified atom stereocenters. The first-order valence-electron chi connectivity index (χ1n) is 17.3. The summed E-state index contributed by atoms with van der Waals surface area (Å²) in [5.41, 5.74) is -27.9. The van der Waals surface area contributed by atoms with Gasteiger partial charge in [0.25, 0.3) is 32.5 Å². The maximum absolute atomic E-state index is 13.7. The molecule has 0 saturated heterocycles. The lowest BCUT2D eigenvalue weighted by Crippen LogP contribution is -2.66. The maximum Gasteiger partial charge on any atom is 0.430 e. The van der Waals surface area contributed by atoms with Gasteiger partial charge in [0.05, 0.1) is 5.25 Å². The first kappa shape index (κ1) is 58.3.